The van der Waals surface area contributed by atoms with Gasteiger partial charge in [-0.15, -0.1) is 0 Å². The molecule has 0 aliphatic heterocycles. The molecule has 0 bridgehead atoms. The number of hydrogen-bond donors (Lipinski definition) is 0. The van der Waals surface area contributed by atoms with Crippen molar-refractivity contribution < 1.29 is 13.9 Å². The normalized spacial score (nSPS) is 26.0. The molecule has 1 aromatic rings. The number of esters is 1. The van der Waals surface area contributed by atoms with E-state index in [-0.39, 0.29) is 29.5 Å². The Kier molecular flexibility index (Phi) is 9.05. The zero-order valence-corrected chi connectivity index (χ0v) is 18.5. The summed E-state index contributed by atoms with van der Waals surface area (Å²) in [6, 6.07) is 8.70. The zero-order chi connectivity index (χ0) is 22.8. The lowest BCUT2D eigenvalue weighted by molar-refractivity contribution is -0.157. The number of ether oxygens (including phenoxy) is 1. The SMILES string of the molecule is N#CC=CC=CCCC1CCC(C(=O)OC2CCC(c3ccc(C#N)c(F)c3)CC2)CC1. The molecule has 168 valence electrons. The molecular weight excluding hydrogens is 403 g/mol. The number of allylic oxidation sites excluding steroid dienone is 4. The van der Waals surface area contributed by atoms with Crippen LogP contribution in [0.25, 0.3) is 0 Å². The van der Waals surface area contributed by atoms with E-state index in [1.807, 2.05) is 24.3 Å². The third kappa shape index (κ3) is 6.79. The van der Waals surface area contributed by atoms with E-state index in [9.17, 15) is 9.18 Å². The van der Waals surface area contributed by atoms with Gasteiger partial charge < -0.3 is 4.74 Å². The molecule has 1 aromatic carbocycles. The third-order valence-electron chi connectivity index (χ3n) is 6.88. The molecule has 0 amide bonds. The average molecular weight is 435 g/mol. The Hall–Kier alpha value is -2.92. The van der Waals surface area contributed by atoms with Gasteiger partial charge in [-0.3, -0.25) is 4.79 Å². The molecule has 0 N–H and O–H groups in total. The van der Waals surface area contributed by atoms with Crippen molar-refractivity contribution in [1.82, 2.24) is 0 Å². The fraction of sp³-hybridized carbons (Fsp3) is 0.519. The van der Waals surface area contributed by atoms with Crippen LogP contribution in [0.15, 0.2) is 42.5 Å². The number of carbonyl (C=O) groups excluding carboxylic acids is 1. The minimum atomic E-state index is -0.457. The predicted molar refractivity (Wildman–Crippen MR) is 121 cm³/mol. The van der Waals surface area contributed by atoms with E-state index in [0.29, 0.717) is 5.92 Å². The average Bonchev–Trinajstić information content (AvgIpc) is 2.82. The second-order valence-electron chi connectivity index (χ2n) is 8.97. The van der Waals surface area contributed by atoms with E-state index in [1.54, 1.807) is 12.1 Å². The van der Waals surface area contributed by atoms with Crippen molar-refractivity contribution in [2.45, 2.75) is 76.2 Å². The van der Waals surface area contributed by atoms with Gasteiger partial charge in [-0.25, -0.2) is 4.39 Å². The second kappa shape index (κ2) is 12.2. The van der Waals surface area contributed by atoms with E-state index in [1.165, 1.54) is 12.1 Å². The molecule has 2 fully saturated rings. The van der Waals surface area contributed by atoms with Crippen LogP contribution in [-0.4, -0.2) is 12.1 Å². The number of rotatable bonds is 7. The maximum atomic E-state index is 13.9. The number of carbonyl (C=O) groups is 1. The van der Waals surface area contributed by atoms with Gasteiger partial charge in [0.1, 0.15) is 18.0 Å². The van der Waals surface area contributed by atoms with Gasteiger partial charge in [0.05, 0.1) is 17.6 Å². The van der Waals surface area contributed by atoms with Gasteiger partial charge in [0.25, 0.3) is 0 Å². The lowest BCUT2D eigenvalue weighted by atomic mass is 9.79. The Morgan fingerprint density at radius 3 is 2.47 bits per heavy atom. The van der Waals surface area contributed by atoms with E-state index in [2.05, 4.69) is 6.08 Å². The Morgan fingerprint density at radius 1 is 1.06 bits per heavy atom. The highest BCUT2D eigenvalue weighted by atomic mass is 19.1. The smallest absolute Gasteiger partial charge is 0.309 e. The highest BCUT2D eigenvalue weighted by Crippen LogP contribution is 2.36. The minimum Gasteiger partial charge on any atom is -0.462 e. The minimum absolute atomic E-state index is 0.0192. The van der Waals surface area contributed by atoms with Crippen LogP contribution in [-0.2, 0) is 9.53 Å². The van der Waals surface area contributed by atoms with Crippen molar-refractivity contribution in [2.24, 2.45) is 11.8 Å². The molecule has 0 radical (unpaired) electrons. The second-order valence-corrected chi connectivity index (χ2v) is 8.97. The summed E-state index contributed by atoms with van der Waals surface area (Å²) in [4.78, 5) is 12.7. The van der Waals surface area contributed by atoms with Crippen molar-refractivity contribution in [2.75, 3.05) is 0 Å². The number of hydrogen-bond acceptors (Lipinski definition) is 4. The van der Waals surface area contributed by atoms with Crippen LogP contribution in [0.5, 0.6) is 0 Å². The largest absolute Gasteiger partial charge is 0.462 e. The molecule has 0 spiro atoms. The van der Waals surface area contributed by atoms with E-state index in [4.69, 9.17) is 15.3 Å². The Morgan fingerprint density at radius 2 is 1.81 bits per heavy atom. The van der Waals surface area contributed by atoms with Crippen LogP contribution in [0.4, 0.5) is 4.39 Å². The molecule has 3 rings (SSSR count). The van der Waals surface area contributed by atoms with Crippen molar-refractivity contribution in [3.05, 3.63) is 59.4 Å². The summed E-state index contributed by atoms with van der Waals surface area (Å²) < 4.78 is 19.8. The van der Waals surface area contributed by atoms with Crippen LogP contribution >= 0.6 is 0 Å². The van der Waals surface area contributed by atoms with Crippen molar-refractivity contribution >= 4 is 5.97 Å². The number of halogens is 1. The molecule has 2 saturated carbocycles. The summed E-state index contributed by atoms with van der Waals surface area (Å²) in [7, 11) is 0. The van der Waals surface area contributed by atoms with Crippen LogP contribution < -0.4 is 0 Å². The first-order chi connectivity index (χ1) is 15.6. The van der Waals surface area contributed by atoms with Gasteiger partial charge in [-0.2, -0.15) is 10.5 Å². The molecule has 2 aliphatic rings. The first-order valence-corrected chi connectivity index (χ1v) is 11.7. The highest BCUT2D eigenvalue weighted by molar-refractivity contribution is 5.72. The van der Waals surface area contributed by atoms with Gasteiger partial charge in [0.2, 0.25) is 0 Å². The summed E-state index contributed by atoms with van der Waals surface area (Å²) in [5, 5.41) is 17.3. The molecule has 0 heterocycles. The van der Waals surface area contributed by atoms with E-state index in [0.717, 1.165) is 69.8 Å². The number of benzene rings is 1. The lowest BCUT2D eigenvalue weighted by Crippen LogP contribution is -2.29. The van der Waals surface area contributed by atoms with Crippen LogP contribution in [0, 0.1) is 40.3 Å². The molecule has 4 nitrogen and oxygen atoms in total. The Bertz CT molecular complexity index is 909. The molecular formula is C27H31FN2O2. The van der Waals surface area contributed by atoms with Gasteiger partial charge >= 0.3 is 5.97 Å². The quantitative estimate of drug-likeness (QED) is 0.279. The third-order valence-corrected chi connectivity index (χ3v) is 6.88. The summed E-state index contributed by atoms with van der Waals surface area (Å²) in [6.07, 6.45) is 16.6. The van der Waals surface area contributed by atoms with Gasteiger partial charge in [-0.05, 0) is 93.7 Å². The summed E-state index contributed by atoms with van der Waals surface area (Å²) in [6.45, 7) is 0. The molecule has 2 aliphatic carbocycles. The first kappa shape index (κ1) is 23.7. The maximum Gasteiger partial charge on any atom is 0.309 e. The van der Waals surface area contributed by atoms with Crippen LogP contribution in [0.3, 0.4) is 0 Å². The van der Waals surface area contributed by atoms with Crippen LogP contribution in [0.2, 0.25) is 0 Å². The van der Waals surface area contributed by atoms with Crippen molar-refractivity contribution in [1.29, 1.82) is 10.5 Å². The molecule has 0 aromatic heterocycles. The van der Waals surface area contributed by atoms with E-state index >= 15 is 0 Å². The molecule has 0 atom stereocenters. The Balaban J connectivity index is 1.36. The van der Waals surface area contributed by atoms with Crippen LogP contribution in [0.1, 0.15) is 81.3 Å². The summed E-state index contributed by atoms with van der Waals surface area (Å²) >= 11 is 0. The number of nitriles is 2. The number of nitrogens with zero attached hydrogens (tertiary/aromatic N) is 2. The van der Waals surface area contributed by atoms with Gasteiger partial charge in [-0.1, -0.05) is 24.3 Å². The van der Waals surface area contributed by atoms with Crippen molar-refractivity contribution in [3.8, 4) is 12.1 Å². The van der Waals surface area contributed by atoms with Gasteiger partial charge in [0, 0.05) is 6.08 Å². The zero-order valence-electron chi connectivity index (χ0n) is 18.5. The molecule has 32 heavy (non-hydrogen) atoms. The maximum absolute atomic E-state index is 13.9. The van der Waals surface area contributed by atoms with Crippen molar-refractivity contribution in [3.63, 3.8) is 0 Å². The fourth-order valence-corrected chi connectivity index (χ4v) is 4.94. The molecule has 5 heteroatoms. The first-order valence-electron chi connectivity index (χ1n) is 11.7. The highest BCUT2D eigenvalue weighted by Gasteiger charge is 2.31. The topological polar surface area (TPSA) is 73.9 Å². The standard InChI is InChI=1S/C27H31FN2O2/c28-26-18-23(11-12-24(26)19-30)21-13-15-25(16-14-21)32-27(31)22-9-7-20(8-10-22)6-4-2-1-3-5-17-29/h1-3,5,11-12,18,20-22,25H,4,6-10,13-16H2. The monoisotopic (exact) mass is 434 g/mol. The fourth-order valence-electron chi connectivity index (χ4n) is 4.94. The van der Waals surface area contributed by atoms with E-state index < -0.39 is 5.82 Å². The molecule has 0 unspecified atom stereocenters. The predicted octanol–water partition coefficient (Wildman–Crippen LogP) is 6.49. The van der Waals surface area contributed by atoms with Gasteiger partial charge in [0.15, 0.2) is 0 Å². The lowest BCUT2D eigenvalue weighted by Gasteiger charge is -2.31. The molecule has 0 saturated heterocycles. The Labute approximate surface area is 190 Å². The summed E-state index contributed by atoms with van der Waals surface area (Å²) in [5.74, 6) is 0.434. The summed E-state index contributed by atoms with van der Waals surface area (Å²) in [5.41, 5.74) is 1.01.